The minimum atomic E-state index is 0.0448. The highest BCUT2D eigenvalue weighted by Crippen LogP contribution is 2.35. The molecule has 0 radical (unpaired) electrons. The second kappa shape index (κ2) is 8.39. The van der Waals surface area contributed by atoms with Gasteiger partial charge in [0.05, 0.1) is 11.4 Å². The monoisotopic (exact) mass is 450 g/mol. The molecule has 0 bridgehead atoms. The lowest BCUT2D eigenvalue weighted by molar-refractivity contribution is 0.596. The van der Waals surface area contributed by atoms with Crippen LogP contribution in [0.25, 0.3) is 43.4 Å². The molecule has 0 saturated carbocycles. The fraction of sp³-hybridized carbons (Fsp3) is 0.267. The van der Waals surface area contributed by atoms with Gasteiger partial charge in [-0.1, -0.05) is 65.0 Å². The van der Waals surface area contributed by atoms with Gasteiger partial charge in [0.15, 0.2) is 0 Å². The zero-order chi connectivity index (χ0) is 23.2. The molecule has 0 aliphatic heterocycles. The Labute approximate surface area is 200 Å². The topological polar surface area (TPSA) is 25.8 Å². The maximum Gasteiger partial charge on any atom is 0.116 e. The summed E-state index contributed by atoms with van der Waals surface area (Å²) in [6.07, 6.45) is 2.82. The van der Waals surface area contributed by atoms with E-state index in [-0.39, 0.29) is 5.41 Å². The van der Waals surface area contributed by atoms with E-state index in [4.69, 9.17) is 0 Å². The first-order chi connectivity index (χ1) is 15.8. The van der Waals surface area contributed by atoms with E-state index in [1.807, 2.05) is 11.3 Å². The molecular weight excluding hydrogens is 420 g/mol. The third kappa shape index (κ3) is 4.43. The van der Waals surface area contributed by atoms with Crippen molar-refractivity contribution in [1.82, 2.24) is 9.97 Å². The molecule has 3 aromatic carbocycles. The minimum Gasteiger partial charge on any atom is -0.236 e. The van der Waals surface area contributed by atoms with Gasteiger partial charge in [-0.15, -0.1) is 11.3 Å². The molecule has 0 spiro atoms. The van der Waals surface area contributed by atoms with Crippen molar-refractivity contribution in [3.63, 3.8) is 0 Å². The predicted molar refractivity (Wildman–Crippen MR) is 143 cm³/mol. The van der Waals surface area contributed by atoms with E-state index in [1.54, 1.807) is 6.33 Å². The van der Waals surface area contributed by atoms with Gasteiger partial charge < -0.3 is 0 Å². The molecular formula is C30H30N2S. The molecule has 5 aromatic rings. The Balaban J connectivity index is 1.58. The molecule has 0 unspecified atom stereocenters. The molecule has 2 aromatic heterocycles. The first-order valence-electron chi connectivity index (χ1n) is 11.7. The molecule has 33 heavy (non-hydrogen) atoms. The molecule has 2 heterocycles. The Morgan fingerprint density at radius 3 is 2.27 bits per heavy atom. The lowest BCUT2D eigenvalue weighted by atomic mass is 9.82. The van der Waals surface area contributed by atoms with Gasteiger partial charge in [0.2, 0.25) is 0 Å². The SMILES string of the molecule is CC(C)Cc1cc2cc(-c3cc(-c4cc(C(C)(C)C)c5ccccc5c4)ncn3)ccc2s1. The van der Waals surface area contributed by atoms with Gasteiger partial charge in [0, 0.05) is 20.7 Å². The minimum absolute atomic E-state index is 0.0448. The second-order valence-corrected chi connectivity index (χ2v) is 11.5. The lowest BCUT2D eigenvalue weighted by Crippen LogP contribution is -2.12. The summed E-state index contributed by atoms with van der Waals surface area (Å²) >= 11 is 1.90. The quantitative estimate of drug-likeness (QED) is 0.274. The van der Waals surface area contributed by atoms with Crippen molar-refractivity contribution in [3.8, 4) is 22.5 Å². The van der Waals surface area contributed by atoms with Crippen LogP contribution in [-0.4, -0.2) is 9.97 Å². The van der Waals surface area contributed by atoms with Crippen molar-refractivity contribution in [2.24, 2.45) is 5.92 Å². The summed E-state index contributed by atoms with van der Waals surface area (Å²) in [5.74, 6) is 0.668. The third-order valence-electron chi connectivity index (χ3n) is 6.11. The summed E-state index contributed by atoms with van der Waals surface area (Å²) in [5.41, 5.74) is 5.58. The highest BCUT2D eigenvalue weighted by atomic mass is 32.1. The van der Waals surface area contributed by atoms with Gasteiger partial charge in [-0.25, -0.2) is 9.97 Å². The molecule has 2 nitrogen and oxygen atoms in total. The molecule has 0 saturated heterocycles. The van der Waals surface area contributed by atoms with Gasteiger partial charge in [-0.2, -0.15) is 0 Å². The largest absolute Gasteiger partial charge is 0.236 e. The van der Waals surface area contributed by atoms with E-state index in [0.717, 1.165) is 28.9 Å². The van der Waals surface area contributed by atoms with Crippen LogP contribution in [0.5, 0.6) is 0 Å². The molecule has 0 fully saturated rings. The average molecular weight is 451 g/mol. The van der Waals surface area contributed by atoms with Crippen molar-refractivity contribution in [2.45, 2.75) is 46.5 Å². The van der Waals surface area contributed by atoms with Crippen LogP contribution >= 0.6 is 11.3 Å². The van der Waals surface area contributed by atoms with E-state index >= 15 is 0 Å². The van der Waals surface area contributed by atoms with Crippen LogP contribution in [0.15, 0.2) is 73.1 Å². The van der Waals surface area contributed by atoms with Gasteiger partial charge in [-0.05, 0) is 75.9 Å². The third-order valence-corrected chi connectivity index (χ3v) is 7.24. The summed E-state index contributed by atoms with van der Waals surface area (Å²) < 4.78 is 1.34. The summed E-state index contributed by atoms with van der Waals surface area (Å²) in [7, 11) is 0. The number of thiophene rings is 1. The lowest BCUT2D eigenvalue weighted by Gasteiger charge is -2.22. The number of rotatable bonds is 4. The van der Waals surface area contributed by atoms with Crippen LogP contribution in [0, 0.1) is 5.92 Å². The van der Waals surface area contributed by atoms with Crippen molar-refractivity contribution in [1.29, 1.82) is 0 Å². The van der Waals surface area contributed by atoms with Crippen LogP contribution in [0.3, 0.4) is 0 Å². The second-order valence-electron chi connectivity index (χ2n) is 10.3. The Morgan fingerprint density at radius 2 is 1.52 bits per heavy atom. The Kier molecular flexibility index (Phi) is 5.54. The molecule has 0 aliphatic rings. The van der Waals surface area contributed by atoms with E-state index in [0.29, 0.717) is 5.92 Å². The Hall–Kier alpha value is -3.04. The standard InChI is InChI=1S/C30H30N2S/c1-19(2)12-24-15-23-14-21(10-11-29(23)33-24)27-17-28(32-18-31-27)22-13-20-8-6-7-9-25(20)26(16-22)30(3,4)5/h6-11,13-19H,12H2,1-5H3. The van der Waals surface area contributed by atoms with E-state index in [2.05, 4.69) is 111 Å². The van der Waals surface area contributed by atoms with Gasteiger partial charge in [0.1, 0.15) is 6.33 Å². The van der Waals surface area contributed by atoms with Crippen molar-refractivity contribution >= 4 is 32.2 Å². The number of hydrogen-bond donors (Lipinski definition) is 0. The molecule has 0 aliphatic carbocycles. The number of nitrogens with zero attached hydrogens (tertiary/aromatic N) is 2. The molecule has 0 atom stereocenters. The first-order valence-corrected chi connectivity index (χ1v) is 12.5. The maximum absolute atomic E-state index is 4.66. The summed E-state index contributed by atoms with van der Waals surface area (Å²) in [5, 5.41) is 3.86. The Morgan fingerprint density at radius 1 is 0.788 bits per heavy atom. The van der Waals surface area contributed by atoms with Crippen LogP contribution in [0.1, 0.15) is 45.1 Å². The highest BCUT2D eigenvalue weighted by Gasteiger charge is 2.19. The smallest absolute Gasteiger partial charge is 0.116 e. The summed E-state index contributed by atoms with van der Waals surface area (Å²) in [6.45, 7) is 11.4. The Bertz CT molecular complexity index is 1450. The zero-order valence-corrected chi connectivity index (χ0v) is 20.8. The number of hydrogen-bond acceptors (Lipinski definition) is 3. The number of aromatic nitrogens is 2. The zero-order valence-electron chi connectivity index (χ0n) is 20.0. The van der Waals surface area contributed by atoms with E-state index < -0.39 is 0 Å². The van der Waals surface area contributed by atoms with Crippen LogP contribution in [-0.2, 0) is 11.8 Å². The number of fused-ring (bicyclic) bond motifs is 2. The molecule has 0 N–H and O–H groups in total. The fourth-order valence-electron chi connectivity index (χ4n) is 4.51. The van der Waals surface area contributed by atoms with Crippen LogP contribution < -0.4 is 0 Å². The predicted octanol–water partition coefficient (Wildman–Crippen LogP) is 8.67. The number of benzene rings is 3. The highest BCUT2D eigenvalue weighted by molar-refractivity contribution is 7.19. The van der Waals surface area contributed by atoms with Crippen molar-refractivity contribution in [3.05, 3.63) is 83.5 Å². The van der Waals surface area contributed by atoms with E-state index in [1.165, 1.54) is 31.3 Å². The normalized spacial score (nSPS) is 12.2. The molecule has 0 amide bonds. The van der Waals surface area contributed by atoms with Crippen LogP contribution in [0.2, 0.25) is 0 Å². The molecule has 166 valence electrons. The summed E-state index contributed by atoms with van der Waals surface area (Å²) in [6, 6.07) is 24.3. The average Bonchev–Trinajstić information content (AvgIpc) is 3.18. The van der Waals surface area contributed by atoms with Gasteiger partial charge in [-0.3, -0.25) is 0 Å². The van der Waals surface area contributed by atoms with Gasteiger partial charge >= 0.3 is 0 Å². The maximum atomic E-state index is 4.66. The fourth-order valence-corrected chi connectivity index (χ4v) is 5.77. The first kappa shape index (κ1) is 21.8. The molecule has 3 heteroatoms. The van der Waals surface area contributed by atoms with Crippen molar-refractivity contribution in [2.75, 3.05) is 0 Å². The molecule has 5 rings (SSSR count). The van der Waals surface area contributed by atoms with E-state index in [9.17, 15) is 0 Å². The van der Waals surface area contributed by atoms with Crippen molar-refractivity contribution < 1.29 is 0 Å². The summed E-state index contributed by atoms with van der Waals surface area (Å²) in [4.78, 5) is 10.7. The van der Waals surface area contributed by atoms with Crippen LogP contribution in [0.4, 0.5) is 0 Å². The van der Waals surface area contributed by atoms with Gasteiger partial charge in [0.25, 0.3) is 0 Å².